The average molecular weight is 503 g/mol. The normalized spacial score (nSPS) is 13.5. The van der Waals surface area contributed by atoms with Crippen molar-refractivity contribution in [3.63, 3.8) is 0 Å². The zero-order valence-electron chi connectivity index (χ0n) is 22.5. The van der Waals surface area contributed by atoms with Crippen LogP contribution in [0, 0.1) is 5.92 Å². The van der Waals surface area contributed by atoms with Crippen molar-refractivity contribution < 1.29 is 19.7 Å². The quantitative estimate of drug-likeness (QED) is 0.168. The number of aliphatic hydroxyl groups excluding tert-OH is 2. The van der Waals surface area contributed by atoms with Crippen molar-refractivity contribution in [3.8, 4) is 11.5 Å². The summed E-state index contributed by atoms with van der Waals surface area (Å²) in [6, 6.07) is 26.6. The second kappa shape index (κ2) is 15.2. The smallest absolute Gasteiger partial charge is 0.119 e. The van der Waals surface area contributed by atoms with Gasteiger partial charge < -0.3 is 19.7 Å². The van der Waals surface area contributed by atoms with Gasteiger partial charge in [0, 0.05) is 12.5 Å². The van der Waals surface area contributed by atoms with Gasteiger partial charge in [-0.25, -0.2) is 0 Å². The minimum absolute atomic E-state index is 0.0957. The molecule has 2 N–H and O–H groups in total. The molecule has 2 atom stereocenters. The predicted octanol–water partition coefficient (Wildman–Crippen LogP) is 7.38. The summed E-state index contributed by atoms with van der Waals surface area (Å²) in [6.45, 7) is 7.20. The lowest BCUT2D eigenvalue weighted by Crippen LogP contribution is -2.17. The molecule has 4 nitrogen and oxygen atoms in total. The molecule has 4 heteroatoms. The summed E-state index contributed by atoms with van der Waals surface area (Å²) < 4.78 is 11.7. The van der Waals surface area contributed by atoms with Gasteiger partial charge >= 0.3 is 0 Å². The molecule has 198 valence electrons. The highest BCUT2D eigenvalue weighted by atomic mass is 16.5. The summed E-state index contributed by atoms with van der Waals surface area (Å²) in [5.74, 6) is 1.64. The molecular weight excluding hydrogens is 460 g/mol. The fourth-order valence-electron chi connectivity index (χ4n) is 4.24. The van der Waals surface area contributed by atoms with E-state index in [1.165, 1.54) is 24.0 Å². The van der Waals surface area contributed by atoms with E-state index in [9.17, 15) is 10.2 Å². The Hall–Kier alpha value is -3.08. The summed E-state index contributed by atoms with van der Waals surface area (Å²) in [5, 5.41) is 19.5. The highest BCUT2D eigenvalue weighted by Gasteiger charge is 2.13. The minimum atomic E-state index is -0.437. The Balaban J connectivity index is 1.77. The Morgan fingerprint density at radius 1 is 0.730 bits per heavy atom. The van der Waals surface area contributed by atoms with Crippen molar-refractivity contribution >= 4 is 11.1 Å². The van der Waals surface area contributed by atoms with Crippen LogP contribution in [-0.2, 0) is 0 Å². The van der Waals surface area contributed by atoms with E-state index in [-0.39, 0.29) is 12.5 Å². The highest BCUT2D eigenvalue weighted by molar-refractivity contribution is 5.98. The van der Waals surface area contributed by atoms with Crippen LogP contribution >= 0.6 is 0 Å². The number of hydrogen-bond acceptors (Lipinski definition) is 4. The molecule has 0 aliphatic carbocycles. The first kappa shape index (κ1) is 28.5. The lowest BCUT2D eigenvalue weighted by atomic mass is 9.90. The standard InChI is InChI=1S/C33H42O4/c1-4-5-6-10-13-30(35)24-37-32-20-16-29(17-21-32)33(26(3)27-11-8-7-9-12-27)28-14-18-31(19-15-28)36-23-25(2)22-34/h7-9,11-12,14-21,25,30,34-35H,4-6,10,13,22-24H2,1-3H3/b33-26+. The molecule has 0 bridgehead atoms. The molecule has 0 heterocycles. The Kier molecular flexibility index (Phi) is 11.7. The van der Waals surface area contributed by atoms with Gasteiger partial charge in [0.05, 0.1) is 12.7 Å². The molecule has 0 aromatic heterocycles. The van der Waals surface area contributed by atoms with Gasteiger partial charge in [-0.1, -0.05) is 94.1 Å². The van der Waals surface area contributed by atoms with Crippen molar-refractivity contribution in [2.75, 3.05) is 19.8 Å². The first-order chi connectivity index (χ1) is 18.0. The molecule has 37 heavy (non-hydrogen) atoms. The monoisotopic (exact) mass is 502 g/mol. The van der Waals surface area contributed by atoms with Crippen molar-refractivity contribution in [2.24, 2.45) is 5.92 Å². The van der Waals surface area contributed by atoms with Crippen LogP contribution in [0.2, 0.25) is 0 Å². The van der Waals surface area contributed by atoms with E-state index in [0.717, 1.165) is 47.5 Å². The second-order valence-corrected chi connectivity index (χ2v) is 9.83. The van der Waals surface area contributed by atoms with Gasteiger partial charge in [0.2, 0.25) is 0 Å². The molecule has 3 rings (SSSR count). The number of benzene rings is 3. The maximum atomic E-state index is 10.3. The third-order valence-corrected chi connectivity index (χ3v) is 6.55. The zero-order chi connectivity index (χ0) is 26.5. The summed E-state index contributed by atoms with van der Waals surface area (Å²) >= 11 is 0. The second-order valence-electron chi connectivity index (χ2n) is 9.83. The third-order valence-electron chi connectivity index (χ3n) is 6.55. The van der Waals surface area contributed by atoms with E-state index in [1.807, 2.05) is 37.3 Å². The van der Waals surface area contributed by atoms with Gasteiger partial charge in [0.25, 0.3) is 0 Å². The van der Waals surface area contributed by atoms with Gasteiger partial charge in [-0.2, -0.15) is 0 Å². The Morgan fingerprint density at radius 3 is 1.84 bits per heavy atom. The van der Waals surface area contributed by atoms with Crippen molar-refractivity contribution in [1.82, 2.24) is 0 Å². The van der Waals surface area contributed by atoms with Crippen LogP contribution in [0.4, 0.5) is 0 Å². The zero-order valence-corrected chi connectivity index (χ0v) is 22.5. The number of allylic oxidation sites excluding steroid dienone is 1. The van der Waals surface area contributed by atoms with E-state index in [0.29, 0.717) is 13.2 Å². The van der Waals surface area contributed by atoms with Crippen LogP contribution < -0.4 is 9.47 Å². The van der Waals surface area contributed by atoms with E-state index in [1.54, 1.807) is 0 Å². The number of ether oxygens (including phenoxy) is 2. The molecular formula is C33H42O4. The number of rotatable bonds is 15. The molecule has 3 aromatic rings. The fraction of sp³-hybridized carbons (Fsp3) is 0.394. The predicted molar refractivity (Wildman–Crippen MR) is 153 cm³/mol. The lowest BCUT2D eigenvalue weighted by molar-refractivity contribution is 0.0975. The number of aliphatic hydroxyl groups is 2. The van der Waals surface area contributed by atoms with E-state index in [2.05, 4.69) is 62.4 Å². The molecule has 0 radical (unpaired) electrons. The van der Waals surface area contributed by atoms with Crippen LogP contribution in [0.25, 0.3) is 11.1 Å². The number of unbranched alkanes of at least 4 members (excludes halogenated alkanes) is 3. The molecule has 0 aliphatic rings. The summed E-state index contributed by atoms with van der Waals surface area (Å²) in [4.78, 5) is 0. The third kappa shape index (κ3) is 9.07. The summed E-state index contributed by atoms with van der Waals surface area (Å²) in [7, 11) is 0. The van der Waals surface area contributed by atoms with Gasteiger partial charge in [-0.15, -0.1) is 0 Å². The van der Waals surface area contributed by atoms with E-state index in [4.69, 9.17) is 9.47 Å². The molecule has 0 aliphatic heterocycles. The van der Waals surface area contributed by atoms with Crippen molar-refractivity contribution in [3.05, 3.63) is 95.6 Å². The molecule has 3 aromatic carbocycles. The van der Waals surface area contributed by atoms with Gasteiger partial charge in [-0.05, 0) is 65.4 Å². The molecule has 0 fully saturated rings. The van der Waals surface area contributed by atoms with Gasteiger partial charge in [-0.3, -0.25) is 0 Å². The van der Waals surface area contributed by atoms with Gasteiger partial charge in [0.15, 0.2) is 0 Å². The Labute approximate surface area is 222 Å². The minimum Gasteiger partial charge on any atom is -0.493 e. The first-order valence-electron chi connectivity index (χ1n) is 13.5. The van der Waals surface area contributed by atoms with E-state index >= 15 is 0 Å². The molecule has 0 saturated heterocycles. The topological polar surface area (TPSA) is 58.9 Å². The lowest BCUT2D eigenvalue weighted by Gasteiger charge is -2.17. The van der Waals surface area contributed by atoms with E-state index < -0.39 is 6.10 Å². The van der Waals surface area contributed by atoms with Crippen LogP contribution in [0.3, 0.4) is 0 Å². The van der Waals surface area contributed by atoms with Crippen LogP contribution in [0.1, 0.15) is 69.6 Å². The van der Waals surface area contributed by atoms with Crippen LogP contribution in [0.5, 0.6) is 11.5 Å². The molecule has 2 unspecified atom stereocenters. The SMILES string of the molecule is CCCCCCC(O)COc1ccc(/C(=C(\C)c2ccccc2)c2ccc(OCC(C)CO)cc2)cc1. The van der Waals surface area contributed by atoms with Crippen molar-refractivity contribution in [1.29, 1.82) is 0 Å². The van der Waals surface area contributed by atoms with Gasteiger partial charge in [0.1, 0.15) is 18.1 Å². The molecule has 0 spiro atoms. The maximum Gasteiger partial charge on any atom is 0.119 e. The maximum absolute atomic E-state index is 10.3. The molecule has 0 amide bonds. The van der Waals surface area contributed by atoms with Crippen LogP contribution in [-0.4, -0.2) is 36.1 Å². The first-order valence-corrected chi connectivity index (χ1v) is 13.5. The van der Waals surface area contributed by atoms with Crippen LogP contribution in [0.15, 0.2) is 78.9 Å². The summed E-state index contributed by atoms with van der Waals surface area (Å²) in [6.07, 6.45) is 4.95. The molecule has 0 saturated carbocycles. The average Bonchev–Trinajstić information content (AvgIpc) is 2.94. The fourth-order valence-corrected chi connectivity index (χ4v) is 4.24. The summed E-state index contributed by atoms with van der Waals surface area (Å²) in [5.41, 5.74) is 5.68. The Bertz CT molecular complexity index is 1070. The van der Waals surface area contributed by atoms with Crippen molar-refractivity contribution in [2.45, 2.75) is 59.0 Å². The highest BCUT2D eigenvalue weighted by Crippen LogP contribution is 2.34. The largest absolute Gasteiger partial charge is 0.493 e. The number of hydrogen-bond donors (Lipinski definition) is 2. The Morgan fingerprint density at radius 2 is 1.30 bits per heavy atom.